The smallest absolute Gasteiger partial charge is 0.0311 e. The first kappa shape index (κ1) is 9.93. The molecule has 1 aliphatic rings. The largest absolute Gasteiger partial charge is 0.316 e. The molecular weight excluding hydrogens is 341 g/mol. The highest BCUT2D eigenvalue weighted by atomic mass is 127. The summed E-state index contributed by atoms with van der Waals surface area (Å²) in [5.41, 5.74) is 3.04. The zero-order chi connectivity index (χ0) is 9.26. The molecule has 0 atom stereocenters. The Morgan fingerprint density at radius 2 is 2.00 bits per heavy atom. The predicted octanol–water partition coefficient (Wildman–Crippen LogP) is 2.74. The Balaban J connectivity index is 2.48. The van der Waals surface area contributed by atoms with Gasteiger partial charge in [0.05, 0.1) is 0 Å². The van der Waals surface area contributed by atoms with Gasteiger partial charge in [0.1, 0.15) is 0 Å². The Hall–Kier alpha value is 0.390. The molecule has 70 valence electrons. The maximum absolute atomic E-state index is 3.57. The van der Waals surface area contributed by atoms with Crippen LogP contribution >= 0.6 is 38.5 Å². The van der Waals surface area contributed by atoms with Crippen LogP contribution in [0.2, 0.25) is 0 Å². The van der Waals surface area contributed by atoms with E-state index in [9.17, 15) is 0 Å². The minimum atomic E-state index is 1.11. The summed E-state index contributed by atoms with van der Waals surface area (Å²) in [7, 11) is 0. The van der Waals surface area contributed by atoms with Crippen LogP contribution in [0.25, 0.3) is 0 Å². The van der Waals surface area contributed by atoms with E-state index in [-0.39, 0.29) is 0 Å². The van der Waals surface area contributed by atoms with Crippen molar-refractivity contribution in [1.82, 2.24) is 5.32 Å². The van der Waals surface area contributed by atoms with Gasteiger partial charge >= 0.3 is 0 Å². The molecule has 0 amide bonds. The standard InChI is InChI=1S/C10H11BrIN/c11-9-2-1-7-3-5-13-6-4-8(7)10(9)12/h1-2,13H,3-6H2. The van der Waals surface area contributed by atoms with E-state index >= 15 is 0 Å². The summed E-state index contributed by atoms with van der Waals surface area (Å²) in [6.07, 6.45) is 2.33. The molecule has 1 aliphatic heterocycles. The Bertz CT molecular complexity index is 325. The molecule has 3 heteroatoms. The number of rotatable bonds is 0. The van der Waals surface area contributed by atoms with Crippen LogP contribution < -0.4 is 5.32 Å². The monoisotopic (exact) mass is 351 g/mol. The lowest BCUT2D eigenvalue weighted by molar-refractivity contribution is 0.710. The highest BCUT2D eigenvalue weighted by Gasteiger charge is 2.11. The van der Waals surface area contributed by atoms with Crippen molar-refractivity contribution in [2.75, 3.05) is 13.1 Å². The molecule has 0 aromatic heterocycles. The fourth-order valence-electron chi connectivity index (χ4n) is 1.70. The topological polar surface area (TPSA) is 12.0 Å². The molecule has 0 radical (unpaired) electrons. The van der Waals surface area contributed by atoms with E-state index in [1.807, 2.05) is 0 Å². The van der Waals surface area contributed by atoms with E-state index < -0.39 is 0 Å². The van der Waals surface area contributed by atoms with Crippen LogP contribution in [0.5, 0.6) is 0 Å². The number of fused-ring (bicyclic) bond motifs is 1. The summed E-state index contributed by atoms with van der Waals surface area (Å²) in [4.78, 5) is 0. The third-order valence-electron chi connectivity index (χ3n) is 2.42. The fraction of sp³-hybridized carbons (Fsp3) is 0.400. The highest BCUT2D eigenvalue weighted by molar-refractivity contribution is 14.1. The maximum Gasteiger partial charge on any atom is 0.0311 e. The summed E-state index contributed by atoms with van der Waals surface area (Å²) in [6.45, 7) is 2.23. The molecule has 2 rings (SSSR count). The van der Waals surface area contributed by atoms with Crippen LogP contribution in [0.4, 0.5) is 0 Å². The molecule has 0 saturated heterocycles. The first-order valence-corrected chi connectivity index (χ1v) is 6.32. The molecule has 1 N–H and O–H groups in total. The van der Waals surface area contributed by atoms with E-state index in [0.29, 0.717) is 0 Å². The summed E-state index contributed by atoms with van der Waals surface area (Å²) in [6, 6.07) is 4.40. The average Bonchev–Trinajstić information content (AvgIpc) is 2.36. The molecule has 1 aromatic rings. The van der Waals surface area contributed by atoms with Gasteiger partial charge in [0.2, 0.25) is 0 Å². The SMILES string of the molecule is Brc1ccc2c(c1I)CCNCC2. The lowest BCUT2D eigenvalue weighted by Gasteiger charge is -2.08. The first-order chi connectivity index (χ1) is 6.29. The van der Waals surface area contributed by atoms with Crippen molar-refractivity contribution in [2.45, 2.75) is 12.8 Å². The van der Waals surface area contributed by atoms with Crippen molar-refractivity contribution in [1.29, 1.82) is 0 Å². The van der Waals surface area contributed by atoms with Gasteiger partial charge in [0, 0.05) is 8.04 Å². The summed E-state index contributed by atoms with van der Waals surface area (Å²) >= 11 is 6.00. The van der Waals surface area contributed by atoms with Crippen LogP contribution in [-0.4, -0.2) is 13.1 Å². The van der Waals surface area contributed by atoms with Crippen molar-refractivity contribution in [2.24, 2.45) is 0 Å². The van der Waals surface area contributed by atoms with Gasteiger partial charge in [0.25, 0.3) is 0 Å². The number of benzene rings is 1. The minimum absolute atomic E-state index is 1.11. The summed E-state index contributed by atoms with van der Waals surface area (Å²) < 4.78 is 2.62. The van der Waals surface area contributed by atoms with Crippen molar-refractivity contribution in [3.8, 4) is 0 Å². The molecule has 1 aromatic carbocycles. The van der Waals surface area contributed by atoms with E-state index in [1.165, 1.54) is 25.6 Å². The Labute approximate surface area is 101 Å². The normalized spacial score (nSPS) is 16.5. The zero-order valence-corrected chi connectivity index (χ0v) is 11.0. The molecule has 0 fully saturated rings. The molecule has 0 bridgehead atoms. The van der Waals surface area contributed by atoms with Gasteiger partial charge in [-0.25, -0.2) is 0 Å². The zero-order valence-electron chi connectivity index (χ0n) is 7.24. The number of hydrogen-bond acceptors (Lipinski definition) is 1. The first-order valence-electron chi connectivity index (χ1n) is 4.45. The van der Waals surface area contributed by atoms with Crippen molar-refractivity contribution in [3.63, 3.8) is 0 Å². The molecular formula is C10H11BrIN. The van der Waals surface area contributed by atoms with Crippen LogP contribution in [-0.2, 0) is 12.8 Å². The van der Waals surface area contributed by atoms with Gasteiger partial charge in [-0.05, 0) is 81.6 Å². The van der Waals surface area contributed by atoms with E-state index in [2.05, 4.69) is 56.0 Å². The van der Waals surface area contributed by atoms with Crippen molar-refractivity contribution >= 4 is 38.5 Å². The highest BCUT2D eigenvalue weighted by Crippen LogP contribution is 2.27. The van der Waals surface area contributed by atoms with E-state index in [1.54, 1.807) is 0 Å². The lowest BCUT2D eigenvalue weighted by atomic mass is 10.0. The number of nitrogens with one attached hydrogen (secondary N) is 1. The Morgan fingerprint density at radius 1 is 1.23 bits per heavy atom. The average molecular weight is 352 g/mol. The quantitative estimate of drug-likeness (QED) is 0.709. The second kappa shape index (κ2) is 4.28. The third kappa shape index (κ3) is 2.07. The van der Waals surface area contributed by atoms with Gasteiger partial charge in [-0.2, -0.15) is 0 Å². The van der Waals surface area contributed by atoms with Gasteiger partial charge in [-0.1, -0.05) is 6.07 Å². The van der Waals surface area contributed by atoms with Crippen molar-refractivity contribution < 1.29 is 0 Å². The van der Waals surface area contributed by atoms with Crippen LogP contribution in [0.1, 0.15) is 11.1 Å². The van der Waals surface area contributed by atoms with E-state index in [4.69, 9.17) is 0 Å². The predicted molar refractivity (Wildman–Crippen MR) is 67.1 cm³/mol. The Morgan fingerprint density at radius 3 is 2.85 bits per heavy atom. The van der Waals surface area contributed by atoms with Crippen LogP contribution in [0.3, 0.4) is 0 Å². The van der Waals surface area contributed by atoms with Crippen LogP contribution in [0.15, 0.2) is 16.6 Å². The van der Waals surface area contributed by atoms with Gasteiger partial charge < -0.3 is 5.32 Å². The molecule has 1 heterocycles. The molecule has 13 heavy (non-hydrogen) atoms. The van der Waals surface area contributed by atoms with E-state index in [0.717, 1.165) is 19.5 Å². The van der Waals surface area contributed by atoms with Gasteiger partial charge in [-0.3, -0.25) is 0 Å². The number of halogens is 2. The molecule has 1 nitrogen and oxygen atoms in total. The summed E-state index contributed by atoms with van der Waals surface area (Å²) in [5, 5.41) is 3.42. The molecule has 0 spiro atoms. The maximum atomic E-state index is 3.57. The second-order valence-electron chi connectivity index (χ2n) is 3.25. The van der Waals surface area contributed by atoms with Crippen LogP contribution in [0, 0.1) is 3.57 Å². The molecule has 0 unspecified atom stereocenters. The summed E-state index contributed by atoms with van der Waals surface area (Å²) in [5.74, 6) is 0. The number of hydrogen-bond donors (Lipinski definition) is 1. The van der Waals surface area contributed by atoms with Gasteiger partial charge in [0.15, 0.2) is 0 Å². The van der Waals surface area contributed by atoms with Gasteiger partial charge in [-0.15, -0.1) is 0 Å². The second-order valence-corrected chi connectivity index (χ2v) is 5.18. The third-order valence-corrected chi connectivity index (χ3v) is 5.05. The lowest BCUT2D eigenvalue weighted by Crippen LogP contribution is -2.16. The minimum Gasteiger partial charge on any atom is -0.316 e. The fourth-order valence-corrected chi connectivity index (χ4v) is 2.87. The Kier molecular flexibility index (Phi) is 3.26. The van der Waals surface area contributed by atoms with Crippen molar-refractivity contribution in [3.05, 3.63) is 31.3 Å². The molecule has 0 saturated carbocycles. The molecule has 0 aliphatic carbocycles.